The predicted octanol–water partition coefficient (Wildman–Crippen LogP) is 5.98. The number of carbonyl (C=O) groups is 2. The molecule has 4 nitrogen and oxygen atoms in total. The van der Waals surface area contributed by atoms with Gasteiger partial charge in [0.2, 0.25) is 0 Å². The first-order valence-electron chi connectivity index (χ1n) is 9.03. The molecule has 0 aromatic rings. The van der Waals surface area contributed by atoms with Crippen molar-refractivity contribution < 1.29 is 89.3 Å². The number of carbonyl (C=O) groups excluding carboxylic acids is 2. The summed E-state index contributed by atoms with van der Waals surface area (Å²) in [4.78, 5) is 22.4. The third-order valence-electron chi connectivity index (χ3n) is 4.14. The Morgan fingerprint density at radius 2 is 0.778 bits per heavy atom. The summed E-state index contributed by atoms with van der Waals surface area (Å²) in [7, 11) is 0. The Labute approximate surface area is 189 Å². The monoisotopic (exact) mass is 574 g/mol. The van der Waals surface area contributed by atoms with Crippen LogP contribution in [0.1, 0.15) is 25.7 Å². The fraction of sp³-hybridized carbons (Fsp3) is 0.875. The topological polar surface area (TPSA) is 52.6 Å². The first kappa shape index (κ1) is 33.8. The van der Waals surface area contributed by atoms with Gasteiger partial charge in [0.1, 0.15) is 0 Å². The standard InChI is InChI=1S/C16H14F16O4/c17-9(18)13(25,26)15(29,30)11(21,22)5-35-7(33)3-1-2-4-8(34)36-6-12(23,24)16(31,32)14(27,28)10(19)20/h9-10H,1-6H2. The summed E-state index contributed by atoms with van der Waals surface area (Å²) in [5.74, 6) is -41.8. The second-order valence-electron chi connectivity index (χ2n) is 6.93. The van der Waals surface area contributed by atoms with Gasteiger partial charge < -0.3 is 9.47 Å². The molecule has 0 saturated carbocycles. The molecule has 214 valence electrons. The van der Waals surface area contributed by atoms with E-state index < -0.39 is 99.2 Å². The third kappa shape index (κ3) is 7.19. The molecule has 0 rings (SSSR count). The Kier molecular flexibility index (Phi) is 10.8. The molecule has 0 atom stereocenters. The number of unbranched alkanes of at least 4 members (excludes halogenated alkanes) is 1. The van der Waals surface area contributed by atoms with Crippen LogP contribution in [0, 0.1) is 0 Å². The molecule has 36 heavy (non-hydrogen) atoms. The first-order chi connectivity index (χ1) is 15.9. The van der Waals surface area contributed by atoms with Gasteiger partial charge in [0, 0.05) is 12.8 Å². The van der Waals surface area contributed by atoms with Crippen molar-refractivity contribution in [2.75, 3.05) is 13.2 Å². The van der Waals surface area contributed by atoms with Crippen LogP contribution in [0.4, 0.5) is 70.2 Å². The number of hydrogen-bond donors (Lipinski definition) is 0. The lowest BCUT2D eigenvalue weighted by atomic mass is 10.1. The van der Waals surface area contributed by atoms with Gasteiger partial charge in [0.05, 0.1) is 0 Å². The van der Waals surface area contributed by atoms with E-state index in [2.05, 4.69) is 9.47 Å². The van der Waals surface area contributed by atoms with Crippen molar-refractivity contribution >= 4 is 11.9 Å². The molecule has 0 aromatic heterocycles. The van der Waals surface area contributed by atoms with Gasteiger partial charge in [-0.15, -0.1) is 0 Å². The quantitative estimate of drug-likeness (QED) is 0.137. The highest BCUT2D eigenvalue weighted by molar-refractivity contribution is 5.70. The number of hydrogen-bond acceptors (Lipinski definition) is 4. The van der Waals surface area contributed by atoms with Gasteiger partial charge in [-0.25, -0.2) is 17.6 Å². The minimum absolute atomic E-state index is 0.626. The summed E-state index contributed by atoms with van der Waals surface area (Å²) in [6, 6.07) is 0. The summed E-state index contributed by atoms with van der Waals surface area (Å²) in [5, 5.41) is 0. The zero-order chi connectivity index (χ0) is 29.0. The number of alkyl halides is 16. The van der Waals surface area contributed by atoms with Crippen LogP contribution in [0.15, 0.2) is 0 Å². The lowest BCUT2D eigenvalue weighted by Crippen LogP contribution is -2.59. The molecular weight excluding hydrogens is 560 g/mol. The van der Waals surface area contributed by atoms with Gasteiger partial charge in [0.25, 0.3) is 0 Å². The average Bonchev–Trinajstić information content (AvgIpc) is 2.73. The Hall–Kier alpha value is -2.18. The van der Waals surface area contributed by atoms with E-state index >= 15 is 0 Å². The highest BCUT2D eigenvalue weighted by Gasteiger charge is 2.76. The fourth-order valence-electron chi connectivity index (χ4n) is 1.97. The Bertz CT molecular complexity index is 690. The van der Waals surface area contributed by atoms with Crippen LogP contribution in [-0.2, 0) is 19.1 Å². The van der Waals surface area contributed by atoms with Crippen molar-refractivity contribution in [2.45, 2.75) is 74.1 Å². The Balaban J connectivity index is 4.63. The maximum atomic E-state index is 13.2. The zero-order valence-electron chi connectivity index (χ0n) is 17.1. The minimum Gasteiger partial charge on any atom is -0.459 e. The van der Waals surface area contributed by atoms with Crippen molar-refractivity contribution in [3.63, 3.8) is 0 Å². The van der Waals surface area contributed by atoms with Gasteiger partial charge in [0.15, 0.2) is 13.2 Å². The van der Waals surface area contributed by atoms with Crippen molar-refractivity contribution in [3.05, 3.63) is 0 Å². The molecule has 0 aliphatic rings. The van der Waals surface area contributed by atoms with Crippen LogP contribution in [0.2, 0.25) is 0 Å². The van der Waals surface area contributed by atoms with Crippen LogP contribution >= 0.6 is 0 Å². The van der Waals surface area contributed by atoms with E-state index in [4.69, 9.17) is 0 Å². The van der Waals surface area contributed by atoms with Crippen molar-refractivity contribution in [1.82, 2.24) is 0 Å². The smallest absolute Gasteiger partial charge is 0.381 e. The van der Waals surface area contributed by atoms with Crippen molar-refractivity contribution in [2.24, 2.45) is 0 Å². The lowest BCUT2D eigenvalue weighted by Gasteiger charge is -2.31. The lowest BCUT2D eigenvalue weighted by molar-refractivity contribution is -0.344. The fourth-order valence-corrected chi connectivity index (χ4v) is 1.97. The maximum Gasteiger partial charge on any atom is 0.381 e. The highest BCUT2D eigenvalue weighted by atomic mass is 19.4. The molecular formula is C16H14F16O4. The summed E-state index contributed by atoms with van der Waals surface area (Å²) >= 11 is 0. The third-order valence-corrected chi connectivity index (χ3v) is 4.14. The molecule has 0 amide bonds. The van der Waals surface area contributed by atoms with Crippen molar-refractivity contribution in [3.8, 4) is 0 Å². The van der Waals surface area contributed by atoms with Gasteiger partial charge in [-0.2, -0.15) is 52.7 Å². The normalized spacial score (nSPS) is 14.4. The number of rotatable bonds is 15. The summed E-state index contributed by atoms with van der Waals surface area (Å²) in [6.07, 6.45) is -13.7. The van der Waals surface area contributed by atoms with E-state index in [1.807, 2.05) is 0 Å². The summed E-state index contributed by atoms with van der Waals surface area (Å²) < 4.78 is 210. The SMILES string of the molecule is O=C(CCCCC(=O)OCC(F)(F)C(F)(F)C(F)(F)C(F)F)OCC(F)(F)C(F)(F)C(F)(F)C(F)F. The van der Waals surface area contributed by atoms with E-state index in [0.29, 0.717) is 0 Å². The van der Waals surface area contributed by atoms with E-state index in [9.17, 15) is 79.8 Å². The average molecular weight is 574 g/mol. The largest absolute Gasteiger partial charge is 0.459 e. The zero-order valence-corrected chi connectivity index (χ0v) is 17.1. The maximum absolute atomic E-state index is 13.2. The molecule has 0 radical (unpaired) electrons. The summed E-state index contributed by atoms with van der Waals surface area (Å²) in [6.45, 7) is -5.54. The van der Waals surface area contributed by atoms with Crippen LogP contribution in [0.25, 0.3) is 0 Å². The van der Waals surface area contributed by atoms with E-state index in [0.717, 1.165) is 0 Å². The second-order valence-corrected chi connectivity index (χ2v) is 6.93. The van der Waals surface area contributed by atoms with Crippen LogP contribution in [-0.4, -0.2) is 73.5 Å². The van der Waals surface area contributed by atoms with Crippen LogP contribution < -0.4 is 0 Å². The minimum atomic E-state index is -6.64. The Morgan fingerprint density at radius 1 is 0.528 bits per heavy atom. The predicted molar refractivity (Wildman–Crippen MR) is 82.1 cm³/mol. The number of esters is 2. The van der Waals surface area contributed by atoms with Crippen LogP contribution in [0.3, 0.4) is 0 Å². The molecule has 0 aliphatic carbocycles. The van der Waals surface area contributed by atoms with Gasteiger partial charge in [-0.1, -0.05) is 0 Å². The molecule has 0 aliphatic heterocycles. The highest BCUT2D eigenvalue weighted by Crippen LogP contribution is 2.49. The van der Waals surface area contributed by atoms with Crippen molar-refractivity contribution in [1.29, 1.82) is 0 Å². The van der Waals surface area contributed by atoms with Gasteiger partial charge >= 0.3 is 60.3 Å². The first-order valence-corrected chi connectivity index (χ1v) is 9.03. The molecule has 0 bridgehead atoms. The van der Waals surface area contributed by atoms with Gasteiger partial charge in [-0.3, -0.25) is 9.59 Å². The van der Waals surface area contributed by atoms with Crippen LogP contribution in [0.5, 0.6) is 0 Å². The number of halogens is 16. The Morgan fingerprint density at radius 3 is 1.00 bits per heavy atom. The molecule has 0 heterocycles. The molecule has 0 unspecified atom stereocenters. The summed E-state index contributed by atoms with van der Waals surface area (Å²) in [5.41, 5.74) is 0. The second kappa shape index (κ2) is 11.5. The van der Waals surface area contributed by atoms with Gasteiger partial charge in [-0.05, 0) is 12.8 Å². The molecule has 20 heteroatoms. The molecule has 0 N–H and O–H groups in total. The van der Waals surface area contributed by atoms with E-state index in [1.165, 1.54) is 0 Å². The molecule has 0 spiro atoms. The number of ether oxygens (including phenoxy) is 2. The van der Waals surface area contributed by atoms with E-state index in [1.54, 1.807) is 0 Å². The molecule has 0 fully saturated rings. The molecule has 0 saturated heterocycles. The van der Waals surface area contributed by atoms with E-state index in [-0.39, 0.29) is 0 Å². The molecule has 0 aromatic carbocycles.